The van der Waals surface area contributed by atoms with Crippen LogP contribution in [0.5, 0.6) is 0 Å². The highest BCUT2D eigenvalue weighted by Gasteiger charge is 2.46. The van der Waals surface area contributed by atoms with Gasteiger partial charge in [-0.25, -0.2) is 0 Å². The van der Waals surface area contributed by atoms with E-state index in [0.29, 0.717) is 6.42 Å². The molecule has 0 aromatic heterocycles. The van der Waals surface area contributed by atoms with Gasteiger partial charge in [-0.1, -0.05) is 0 Å². The van der Waals surface area contributed by atoms with Crippen LogP contribution in [0, 0.1) is 0 Å². The SMILES string of the molecule is [13CH3][C@@H]1[13CH2][C@@H]2O[13C@@H]2[C@@H](O)[13CH2]C(=O)[13CH2]C(=O)O1. The molecule has 1 N–H and O–H groups in total. The molecule has 2 aliphatic heterocycles. The van der Waals surface area contributed by atoms with Crippen molar-refractivity contribution in [3.63, 3.8) is 0 Å². The van der Waals surface area contributed by atoms with Crippen molar-refractivity contribution in [3.05, 3.63) is 0 Å². The van der Waals surface area contributed by atoms with Crippen molar-refractivity contribution in [2.24, 2.45) is 0 Å². The summed E-state index contributed by atoms with van der Waals surface area (Å²) in [7, 11) is 0. The summed E-state index contributed by atoms with van der Waals surface area (Å²) in [5.41, 5.74) is 0. The Kier molecular flexibility index (Phi) is 2.75. The molecule has 0 unspecified atom stereocenters. The van der Waals surface area contributed by atoms with E-state index in [1.54, 1.807) is 6.92 Å². The van der Waals surface area contributed by atoms with Crippen molar-refractivity contribution in [2.75, 3.05) is 0 Å². The quantitative estimate of drug-likeness (QED) is 0.264. The van der Waals surface area contributed by atoms with E-state index < -0.39 is 12.1 Å². The maximum absolute atomic E-state index is 11.3. The smallest absolute Gasteiger partial charge is 0.313 e. The molecule has 2 saturated heterocycles. The topological polar surface area (TPSA) is 76.1 Å². The molecule has 0 aliphatic carbocycles. The van der Waals surface area contributed by atoms with E-state index >= 15 is 0 Å². The van der Waals surface area contributed by atoms with Gasteiger partial charge < -0.3 is 14.6 Å². The lowest BCUT2D eigenvalue weighted by Gasteiger charge is -2.14. The number of carbonyl (C=O) groups is 2. The number of hydrogen-bond acceptors (Lipinski definition) is 5. The molecule has 2 heterocycles. The largest absolute Gasteiger partial charge is 0.462 e. The number of ether oxygens (including phenoxy) is 2. The van der Waals surface area contributed by atoms with Crippen molar-refractivity contribution in [2.45, 2.75) is 50.6 Å². The second kappa shape index (κ2) is 3.90. The van der Waals surface area contributed by atoms with Gasteiger partial charge in [-0.3, -0.25) is 9.59 Å². The predicted molar refractivity (Wildman–Crippen MR) is 49.1 cm³/mol. The zero-order valence-corrected chi connectivity index (χ0v) is 8.51. The van der Waals surface area contributed by atoms with E-state index in [-0.39, 0.29) is 36.9 Å². The van der Waals surface area contributed by atoms with Crippen LogP contribution in [0.2, 0.25) is 0 Å². The lowest BCUT2D eigenvalue weighted by molar-refractivity contribution is -0.150. The summed E-state index contributed by atoms with van der Waals surface area (Å²) in [5, 5.41) is 9.59. The minimum Gasteiger partial charge on any atom is -0.462 e. The number of aliphatic hydroxyl groups excluding tert-OH is 1. The minimum atomic E-state index is -0.777. The monoisotopic (exact) mass is 219 g/mol. The molecule has 0 aromatic carbocycles. The fourth-order valence-corrected chi connectivity index (χ4v) is 1.91. The number of epoxide rings is 1. The molecule has 4 atom stereocenters. The van der Waals surface area contributed by atoms with Gasteiger partial charge in [0.15, 0.2) is 0 Å². The second-order valence-corrected chi connectivity index (χ2v) is 4.16. The Labute approximate surface area is 87.4 Å². The number of fused-ring (bicyclic) bond motifs is 1. The van der Waals surface area contributed by atoms with Crippen LogP contribution in [0.25, 0.3) is 0 Å². The lowest BCUT2D eigenvalue weighted by Crippen LogP contribution is -2.27. The summed E-state index contributed by atoms with van der Waals surface area (Å²) < 4.78 is 10.2. The number of carbonyl (C=O) groups excluding carboxylic acids is 2. The van der Waals surface area contributed by atoms with E-state index in [2.05, 4.69) is 0 Å². The van der Waals surface area contributed by atoms with Gasteiger partial charge in [0.05, 0.1) is 12.2 Å². The number of ketones is 1. The summed E-state index contributed by atoms with van der Waals surface area (Å²) in [6.45, 7) is 1.76. The Morgan fingerprint density at radius 2 is 2.13 bits per heavy atom. The van der Waals surface area contributed by atoms with Gasteiger partial charge in [0.2, 0.25) is 0 Å². The molecule has 2 aliphatic rings. The Morgan fingerprint density at radius 3 is 2.87 bits per heavy atom. The van der Waals surface area contributed by atoms with E-state index in [4.69, 9.17) is 9.47 Å². The molecule has 0 radical (unpaired) electrons. The summed E-state index contributed by atoms with van der Waals surface area (Å²) in [4.78, 5) is 22.5. The molecule has 0 spiro atoms. The standard InChI is InChI=1S/C10H14O5/c1-5-2-8-10(15-8)7(12)3-6(11)4-9(13)14-5/h5,7-8,10,12H,2-4H2,1H3/t5-,7+,8+,10-/m1/s1/i1+1,2+1,3+1,4+1,10+1. The summed E-state index contributed by atoms with van der Waals surface area (Å²) in [6, 6.07) is 0. The van der Waals surface area contributed by atoms with Gasteiger partial charge in [0.1, 0.15) is 24.4 Å². The van der Waals surface area contributed by atoms with Crippen LogP contribution in [0.4, 0.5) is 0 Å². The molecule has 0 amide bonds. The Morgan fingerprint density at radius 1 is 1.40 bits per heavy atom. The molecular formula is C10H14O5. The Bertz CT molecular complexity index is 288. The third-order valence-electron chi connectivity index (χ3n) is 2.68. The number of rotatable bonds is 0. The average molecular weight is 219 g/mol. The van der Waals surface area contributed by atoms with Crippen LogP contribution >= 0.6 is 0 Å². The number of cyclic esters (lactones) is 1. The first kappa shape index (κ1) is 10.6. The van der Waals surface area contributed by atoms with Crippen LogP contribution in [-0.4, -0.2) is 41.3 Å². The summed E-state index contributed by atoms with van der Waals surface area (Å²) >= 11 is 0. The van der Waals surface area contributed by atoms with Crippen molar-refractivity contribution >= 4 is 11.8 Å². The number of aliphatic hydroxyl groups is 1. The van der Waals surface area contributed by atoms with Gasteiger partial charge in [-0.15, -0.1) is 0 Å². The predicted octanol–water partition coefficient (Wildman–Crippen LogP) is -0.201. The molecule has 15 heavy (non-hydrogen) atoms. The molecule has 2 fully saturated rings. The first-order chi connectivity index (χ1) is 7.06. The average Bonchev–Trinajstić information content (AvgIpc) is 2.80. The second-order valence-electron chi connectivity index (χ2n) is 4.16. The third-order valence-corrected chi connectivity index (χ3v) is 2.68. The van der Waals surface area contributed by atoms with Crippen LogP contribution in [0.15, 0.2) is 0 Å². The van der Waals surface area contributed by atoms with E-state index in [0.717, 1.165) is 0 Å². The minimum absolute atomic E-state index is 0.0232. The van der Waals surface area contributed by atoms with Gasteiger partial charge in [0, 0.05) is 12.8 Å². The van der Waals surface area contributed by atoms with Gasteiger partial charge in [-0.05, 0) is 6.92 Å². The highest BCUT2D eigenvalue weighted by atomic mass is 16.7. The van der Waals surface area contributed by atoms with E-state index in [1.807, 2.05) is 0 Å². The normalized spacial score (nSPS) is 41.7. The fourth-order valence-electron chi connectivity index (χ4n) is 1.91. The van der Waals surface area contributed by atoms with Gasteiger partial charge >= 0.3 is 5.97 Å². The molecular weight excluding hydrogens is 205 g/mol. The van der Waals surface area contributed by atoms with Crippen molar-refractivity contribution in [1.29, 1.82) is 0 Å². The zero-order chi connectivity index (χ0) is 11.0. The highest BCUT2D eigenvalue weighted by Crippen LogP contribution is 2.32. The van der Waals surface area contributed by atoms with Gasteiger partial charge in [0.25, 0.3) is 0 Å². The first-order valence-electron chi connectivity index (χ1n) is 5.11. The Balaban J connectivity index is 2.02. The van der Waals surface area contributed by atoms with Crippen molar-refractivity contribution in [1.82, 2.24) is 0 Å². The lowest BCUT2D eigenvalue weighted by atomic mass is 10.4. The first-order valence-corrected chi connectivity index (χ1v) is 5.11. The molecule has 84 valence electrons. The number of Topliss-reactive ketones (excluding diaryl/α,β-unsaturated/α-hetero) is 1. The maximum atomic E-state index is 11.3. The van der Waals surface area contributed by atoms with Crippen molar-refractivity contribution < 1.29 is 24.2 Å². The molecule has 5 heteroatoms. The molecule has 0 saturated carbocycles. The third kappa shape index (κ3) is 2.54. The van der Waals surface area contributed by atoms with E-state index in [9.17, 15) is 14.7 Å². The van der Waals surface area contributed by atoms with Gasteiger partial charge in [-0.2, -0.15) is 0 Å². The van der Waals surface area contributed by atoms with Crippen molar-refractivity contribution in [3.8, 4) is 0 Å². The maximum Gasteiger partial charge on any atom is 0.313 e. The summed E-state index contributed by atoms with van der Waals surface area (Å²) in [6.07, 6.45) is -1.06. The highest BCUT2D eigenvalue weighted by molar-refractivity contribution is 5.95. The number of hydrogen-bond donors (Lipinski definition) is 1. The molecule has 0 aromatic rings. The van der Waals surface area contributed by atoms with Crippen LogP contribution in [-0.2, 0) is 19.1 Å². The summed E-state index contributed by atoms with van der Waals surface area (Å²) in [5.74, 6) is -0.811. The molecule has 5 nitrogen and oxygen atoms in total. The molecule has 0 bridgehead atoms. The van der Waals surface area contributed by atoms with E-state index in [1.165, 1.54) is 0 Å². The fraction of sp³-hybridized carbons (Fsp3) is 0.800. The molecule has 2 rings (SSSR count). The number of esters is 1. The van der Waals surface area contributed by atoms with Crippen LogP contribution < -0.4 is 0 Å². The van der Waals surface area contributed by atoms with Crippen LogP contribution in [0.3, 0.4) is 0 Å². The van der Waals surface area contributed by atoms with Crippen LogP contribution in [0.1, 0.15) is 26.2 Å². The Hall–Kier alpha value is -0.940. The zero-order valence-electron chi connectivity index (χ0n) is 8.51.